The Balaban J connectivity index is 1.62. The average molecular weight is 342 g/mol. The van der Waals surface area contributed by atoms with Crippen molar-refractivity contribution in [1.82, 2.24) is 14.5 Å². The quantitative estimate of drug-likeness (QED) is 0.859. The van der Waals surface area contributed by atoms with Crippen LogP contribution in [-0.2, 0) is 11.3 Å². The van der Waals surface area contributed by atoms with E-state index in [0.29, 0.717) is 19.0 Å². The Morgan fingerprint density at radius 1 is 1.32 bits per heavy atom. The molecule has 3 N–H and O–H groups in total. The highest BCUT2D eigenvalue weighted by Crippen LogP contribution is 2.27. The van der Waals surface area contributed by atoms with Gasteiger partial charge in [-0.3, -0.25) is 4.79 Å². The van der Waals surface area contributed by atoms with Gasteiger partial charge >= 0.3 is 0 Å². The van der Waals surface area contributed by atoms with Crippen LogP contribution in [0.2, 0.25) is 0 Å². The summed E-state index contributed by atoms with van der Waals surface area (Å²) in [7, 11) is 0. The van der Waals surface area contributed by atoms with Crippen LogP contribution in [0.5, 0.6) is 0 Å². The van der Waals surface area contributed by atoms with Gasteiger partial charge in [-0.25, -0.2) is 4.98 Å². The fourth-order valence-corrected chi connectivity index (χ4v) is 3.37. The number of hydrogen-bond acceptors (Lipinski definition) is 4. The van der Waals surface area contributed by atoms with E-state index >= 15 is 0 Å². The number of aliphatic hydroxyl groups is 1. The van der Waals surface area contributed by atoms with Crippen molar-refractivity contribution in [3.05, 3.63) is 54.1 Å². The third kappa shape index (κ3) is 4.08. The van der Waals surface area contributed by atoms with E-state index in [-0.39, 0.29) is 5.91 Å². The fourth-order valence-electron chi connectivity index (χ4n) is 3.37. The number of carbonyl (C=O) groups is 1. The Labute approximate surface area is 148 Å². The standard InChI is InChI=1S/C19H26N4O2/c1-14(24)17(20)19(25)22-10-7-16(8-11-22)18-21-9-12-23(18)13-15-5-3-2-4-6-15/h2-6,9,12,14,16-17,24H,7-8,10-11,13,20H2,1H3. The summed E-state index contributed by atoms with van der Waals surface area (Å²) in [6.45, 7) is 3.67. The van der Waals surface area contributed by atoms with Gasteiger partial charge in [0.1, 0.15) is 11.9 Å². The summed E-state index contributed by atoms with van der Waals surface area (Å²) in [5.74, 6) is 1.25. The number of nitrogens with two attached hydrogens (primary N) is 1. The monoisotopic (exact) mass is 342 g/mol. The van der Waals surface area contributed by atoms with Gasteiger partial charge in [0.15, 0.2) is 0 Å². The summed E-state index contributed by atoms with van der Waals surface area (Å²) < 4.78 is 2.19. The number of likely N-dealkylation sites (tertiary alicyclic amines) is 1. The number of aliphatic hydroxyl groups excluding tert-OH is 1. The van der Waals surface area contributed by atoms with Crippen LogP contribution in [0.25, 0.3) is 0 Å². The lowest BCUT2D eigenvalue weighted by Crippen LogP contribution is -2.51. The van der Waals surface area contributed by atoms with E-state index in [9.17, 15) is 9.90 Å². The highest BCUT2D eigenvalue weighted by Gasteiger charge is 2.30. The topological polar surface area (TPSA) is 84.4 Å². The van der Waals surface area contributed by atoms with Crippen molar-refractivity contribution in [3.8, 4) is 0 Å². The molecule has 1 fully saturated rings. The lowest BCUT2D eigenvalue weighted by atomic mass is 9.95. The summed E-state index contributed by atoms with van der Waals surface area (Å²) in [5.41, 5.74) is 7.02. The molecule has 134 valence electrons. The number of nitrogens with zero attached hydrogens (tertiary/aromatic N) is 3. The molecule has 1 amide bonds. The number of benzene rings is 1. The molecule has 2 unspecified atom stereocenters. The van der Waals surface area contributed by atoms with Crippen molar-refractivity contribution in [2.45, 2.75) is 44.4 Å². The molecule has 2 heterocycles. The van der Waals surface area contributed by atoms with Gasteiger partial charge in [-0.15, -0.1) is 0 Å². The Morgan fingerprint density at radius 2 is 2.00 bits per heavy atom. The van der Waals surface area contributed by atoms with Gasteiger partial charge in [0.25, 0.3) is 0 Å². The molecule has 25 heavy (non-hydrogen) atoms. The average Bonchev–Trinajstić information content (AvgIpc) is 3.09. The number of hydrogen-bond donors (Lipinski definition) is 2. The molecule has 6 nitrogen and oxygen atoms in total. The highest BCUT2D eigenvalue weighted by molar-refractivity contribution is 5.82. The van der Waals surface area contributed by atoms with Crippen LogP contribution >= 0.6 is 0 Å². The molecule has 0 aliphatic carbocycles. The molecule has 3 rings (SSSR count). The third-order valence-electron chi connectivity index (χ3n) is 4.92. The summed E-state index contributed by atoms with van der Waals surface area (Å²) in [4.78, 5) is 18.6. The number of imidazole rings is 1. The maximum atomic E-state index is 12.3. The molecule has 0 spiro atoms. The first-order valence-corrected chi connectivity index (χ1v) is 8.83. The SMILES string of the molecule is CC(O)C(N)C(=O)N1CCC(c2nccn2Cc2ccccc2)CC1. The molecule has 0 saturated carbocycles. The molecule has 1 saturated heterocycles. The fraction of sp³-hybridized carbons (Fsp3) is 0.474. The van der Waals surface area contributed by atoms with E-state index in [1.54, 1.807) is 11.8 Å². The van der Waals surface area contributed by atoms with Crippen molar-refractivity contribution in [1.29, 1.82) is 0 Å². The van der Waals surface area contributed by atoms with Gasteiger partial charge < -0.3 is 20.3 Å². The lowest BCUT2D eigenvalue weighted by Gasteiger charge is -2.34. The van der Waals surface area contributed by atoms with Crippen LogP contribution < -0.4 is 5.73 Å². The van der Waals surface area contributed by atoms with Crippen molar-refractivity contribution >= 4 is 5.91 Å². The predicted molar refractivity (Wildman–Crippen MR) is 96.0 cm³/mol. The summed E-state index contributed by atoms with van der Waals surface area (Å²) in [6.07, 6.45) is 4.77. The molecule has 1 aliphatic rings. The summed E-state index contributed by atoms with van der Waals surface area (Å²) >= 11 is 0. The molecule has 0 radical (unpaired) electrons. The minimum Gasteiger partial charge on any atom is -0.391 e. The predicted octanol–water partition coefficient (Wildman–Crippen LogP) is 1.35. The number of carbonyl (C=O) groups excluding carboxylic acids is 1. The van der Waals surface area contributed by atoms with Crippen molar-refractivity contribution in [2.75, 3.05) is 13.1 Å². The number of amides is 1. The van der Waals surface area contributed by atoms with Crippen molar-refractivity contribution in [3.63, 3.8) is 0 Å². The maximum absolute atomic E-state index is 12.3. The van der Waals surface area contributed by atoms with E-state index in [4.69, 9.17) is 5.73 Å². The maximum Gasteiger partial charge on any atom is 0.242 e. The first-order chi connectivity index (χ1) is 12.1. The second-order valence-corrected chi connectivity index (χ2v) is 6.76. The van der Waals surface area contributed by atoms with E-state index in [2.05, 4.69) is 21.7 Å². The second-order valence-electron chi connectivity index (χ2n) is 6.76. The molecule has 1 aromatic heterocycles. The van der Waals surface area contributed by atoms with Crippen molar-refractivity contribution < 1.29 is 9.90 Å². The van der Waals surface area contributed by atoms with Crippen LogP contribution in [0.15, 0.2) is 42.7 Å². The third-order valence-corrected chi connectivity index (χ3v) is 4.92. The van der Waals surface area contributed by atoms with Crippen molar-refractivity contribution in [2.24, 2.45) is 5.73 Å². The molecule has 0 bridgehead atoms. The Morgan fingerprint density at radius 3 is 2.64 bits per heavy atom. The smallest absolute Gasteiger partial charge is 0.242 e. The highest BCUT2D eigenvalue weighted by atomic mass is 16.3. The number of aromatic nitrogens is 2. The number of piperidine rings is 1. The molecule has 1 aliphatic heterocycles. The zero-order valence-electron chi connectivity index (χ0n) is 14.6. The summed E-state index contributed by atoms with van der Waals surface area (Å²) in [5, 5.41) is 9.51. The minimum atomic E-state index is -0.836. The van der Waals surface area contributed by atoms with Crippen LogP contribution in [0.4, 0.5) is 0 Å². The largest absolute Gasteiger partial charge is 0.391 e. The molecule has 2 aromatic rings. The Hall–Kier alpha value is -2.18. The van der Waals surface area contributed by atoms with Crippen LogP contribution in [0.3, 0.4) is 0 Å². The lowest BCUT2D eigenvalue weighted by molar-refractivity contribution is -0.135. The summed E-state index contributed by atoms with van der Waals surface area (Å²) in [6, 6.07) is 9.49. The minimum absolute atomic E-state index is 0.166. The Bertz CT molecular complexity index is 690. The van der Waals surface area contributed by atoms with Gasteiger partial charge in [0, 0.05) is 37.9 Å². The Kier molecular flexibility index (Phi) is 5.50. The second kappa shape index (κ2) is 7.80. The molecule has 2 atom stereocenters. The van der Waals surface area contributed by atoms with Gasteiger partial charge in [-0.1, -0.05) is 30.3 Å². The molecule has 1 aromatic carbocycles. The first kappa shape index (κ1) is 17.6. The zero-order chi connectivity index (χ0) is 17.8. The van der Waals surface area contributed by atoms with Gasteiger partial charge in [-0.05, 0) is 25.3 Å². The van der Waals surface area contributed by atoms with Crippen LogP contribution in [0, 0.1) is 0 Å². The van der Waals surface area contributed by atoms with Gasteiger partial charge in [0.2, 0.25) is 5.91 Å². The molecular formula is C19H26N4O2. The molecular weight excluding hydrogens is 316 g/mol. The van der Waals surface area contributed by atoms with E-state index < -0.39 is 12.1 Å². The van der Waals surface area contributed by atoms with Crippen LogP contribution in [-0.4, -0.2) is 50.7 Å². The van der Waals surface area contributed by atoms with E-state index in [1.165, 1.54) is 5.56 Å². The normalized spacial score (nSPS) is 18.1. The van der Waals surface area contributed by atoms with E-state index in [1.807, 2.05) is 30.6 Å². The zero-order valence-corrected chi connectivity index (χ0v) is 14.6. The van der Waals surface area contributed by atoms with Crippen LogP contribution in [0.1, 0.15) is 37.1 Å². The first-order valence-electron chi connectivity index (χ1n) is 8.83. The van der Waals surface area contributed by atoms with E-state index in [0.717, 1.165) is 25.2 Å². The van der Waals surface area contributed by atoms with Gasteiger partial charge in [-0.2, -0.15) is 0 Å². The number of rotatable bonds is 5. The molecule has 6 heteroatoms. The van der Waals surface area contributed by atoms with Gasteiger partial charge in [0.05, 0.1) is 6.10 Å².